The highest BCUT2D eigenvalue weighted by molar-refractivity contribution is 7.80. The van der Waals surface area contributed by atoms with Gasteiger partial charge in [-0.25, -0.2) is 0 Å². The van der Waals surface area contributed by atoms with Gasteiger partial charge in [-0.3, -0.25) is 0 Å². The Morgan fingerprint density at radius 2 is 2.07 bits per heavy atom. The molecule has 1 aliphatic rings. The molecule has 0 radical (unpaired) electrons. The molecule has 0 aromatic rings. The van der Waals surface area contributed by atoms with Crippen LogP contribution in [0.1, 0.15) is 32.1 Å². The Bertz CT molecular complexity index is 162. The summed E-state index contributed by atoms with van der Waals surface area (Å²) in [5.41, 5.74) is 0. The van der Waals surface area contributed by atoms with E-state index in [1.807, 2.05) is 0 Å². The molecule has 3 heteroatoms. The monoisotopic (exact) mass is 230 g/mol. The predicted octanol–water partition coefficient (Wildman–Crippen LogP) is 2.11. The van der Waals surface area contributed by atoms with Crippen molar-refractivity contribution in [3.05, 3.63) is 0 Å². The molecule has 1 heterocycles. The first-order valence-electron chi connectivity index (χ1n) is 6.23. The van der Waals surface area contributed by atoms with Gasteiger partial charge in [0, 0.05) is 12.6 Å². The summed E-state index contributed by atoms with van der Waals surface area (Å²) < 4.78 is 0. The molecule has 0 aromatic carbocycles. The third-order valence-corrected chi connectivity index (χ3v) is 3.66. The quantitative estimate of drug-likeness (QED) is 0.551. The molecule has 1 rings (SSSR count). The van der Waals surface area contributed by atoms with E-state index in [1.54, 1.807) is 0 Å². The van der Waals surface area contributed by atoms with Gasteiger partial charge in [-0.1, -0.05) is 6.42 Å². The van der Waals surface area contributed by atoms with Crippen LogP contribution in [0.2, 0.25) is 0 Å². The van der Waals surface area contributed by atoms with E-state index in [-0.39, 0.29) is 0 Å². The summed E-state index contributed by atoms with van der Waals surface area (Å²) in [5, 5.41) is 0. The standard InChI is InChI=1S/C12H26N2S/c1-13(2)12-7-6-9-14(11-12)8-4-3-5-10-15/h12,15H,3-11H2,1-2H3. The molecule has 0 amide bonds. The third kappa shape index (κ3) is 5.23. The molecule has 1 aliphatic heterocycles. The lowest BCUT2D eigenvalue weighted by Crippen LogP contribution is -2.45. The smallest absolute Gasteiger partial charge is 0.0217 e. The van der Waals surface area contributed by atoms with Gasteiger partial charge in [0.15, 0.2) is 0 Å². The van der Waals surface area contributed by atoms with Crippen LogP contribution in [0.4, 0.5) is 0 Å². The minimum Gasteiger partial charge on any atom is -0.305 e. The van der Waals surface area contributed by atoms with Crippen LogP contribution in [0.3, 0.4) is 0 Å². The van der Waals surface area contributed by atoms with E-state index in [0.717, 1.165) is 11.8 Å². The summed E-state index contributed by atoms with van der Waals surface area (Å²) in [6, 6.07) is 0.781. The second-order valence-electron chi connectivity index (χ2n) is 4.84. The van der Waals surface area contributed by atoms with Crippen LogP contribution < -0.4 is 0 Å². The Hall–Kier alpha value is 0.270. The lowest BCUT2D eigenvalue weighted by atomic mass is 10.0. The zero-order valence-electron chi connectivity index (χ0n) is 10.3. The maximum Gasteiger partial charge on any atom is 0.0217 e. The molecule has 1 fully saturated rings. The first kappa shape index (κ1) is 13.3. The van der Waals surface area contributed by atoms with E-state index >= 15 is 0 Å². The van der Waals surface area contributed by atoms with Gasteiger partial charge in [-0.15, -0.1) is 0 Å². The van der Waals surface area contributed by atoms with Gasteiger partial charge in [0.1, 0.15) is 0 Å². The topological polar surface area (TPSA) is 6.48 Å². The maximum atomic E-state index is 4.24. The Morgan fingerprint density at radius 1 is 1.27 bits per heavy atom. The lowest BCUT2D eigenvalue weighted by molar-refractivity contribution is 0.131. The van der Waals surface area contributed by atoms with Crippen LogP contribution in [0.25, 0.3) is 0 Å². The van der Waals surface area contributed by atoms with Crippen molar-refractivity contribution in [3.8, 4) is 0 Å². The second-order valence-corrected chi connectivity index (χ2v) is 5.29. The fourth-order valence-electron chi connectivity index (χ4n) is 2.28. The Labute approximate surface area is 100 Å². The number of likely N-dealkylation sites (N-methyl/N-ethyl adjacent to an activating group) is 1. The molecule has 15 heavy (non-hydrogen) atoms. The minimum atomic E-state index is 0.781. The van der Waals surface area contributed by atoms with Gasteiger partial charge in [0.25, 0.3) is 0 Å². The van der Waals surface area contributed by atoms with Crippen molar-refractivity contribution in [2.75, 3.05) is 39.5 Å². The van der Waals surface area contributed by atoms with Crippen LogP contribution in [0.15, 0.2) is 0 Å². The highest BCUT2D eigenvalue weighted by Crippen LogP contribution is 2.14. The summed E-state index contributed by atoms with van der Waals surface area (Å²) in [4.78, 5) is 5.01. The molecular weight excluding hydrogens is 204 g/mol. The molecule has 0 bridgehead atoms. The number of hydrogen-bond donors (Lipinski definition) is 1. The number of likely N-dealkylation sites (tertiary alicyclic amines) is 1. The largest absolute Gasteiger partial charge is 0.305 e. The van der Waals surface area contributed by atoms with Gasteiger partial charge in [-0.2, -0.15) is 12.6 Å². The van der Waals surface area contributed by atoms with Crippen LogP contribution in [-0.2, 0) is 0 Å². The first-order chi connectivity index (χ1) is 7.24. The summed E-state index contributed by atoms with van der Waals surface area (Å²) in [6.07, 6.45) is 6.71. The van der Waals surface area contributed by atoms with Gasteiger partial charge in [-0.05, 0) is 58.6 Å². The molecule has 0 aromatic heterocycles. The van der Waals surface area contributed by atoms with Gasteiger partial charge in [0.2, 0.25) is 0 Å². The van der Waals surface area contributed by atoms with E-state index in [9.17, 15) is 0 Å². The number of piperidine rings is 1. The van der Waals surface area contributed by atoms with E-state index in [2.05, 4.69) is 36.5 Å². The zero-order chi connectivity index (χ0) is 11.1. The second kappa shape index (κ2) is 7.53. The molecule has 0 spiro atoms. The van der Waals surface area contributed by atoms with E-state index in [4.69, 9.17) is 0 Å². The Morgan fingerprint density at radius 3 is 2.73 bits per heavy atom. The van der Waals surface area contributed by atoms with Crippen LogP contribution >= 0.6 is 12.6 Å². The average Bonchev–Trinajstić information content (AvgIpc) is 2.25. The van der Waals surface area contributed by atoms with E-state index in [0.29, 0.717) is 0 Å². The first-order valence-corrected chi connectivity index (χ1v) is 6.87. The predicted molar refractivity (Wildman–Crippen MR) is 70.9 cm³/mol. The molecular formula is C12H26N2S. The summed E-state index contributed by atoms with van der Waals surface area (Å²) in [6.45, 7) is 3.87. The van der Waals surface area contributed by atoms with Gasteiger partial charge >= 0.3 is 0 Å². The molecule has 0 saturated carbocycles. The minimum absolute atomic E-state index is 0.781. The van der Waals surface area contributed by atoms with Crippen molar-refractivity contribution in [2.45, 2.75) is 38.1 Å². The van der Waals surface area contributed by atoms with Crippen molar-refractivity contribution < 1.29 is 0 Å². The SMILES string of the molecule is CN(C)C1CCCN(CCCCCS)C1. The molecule has 0 N–H and O–H groups in total. The van der Waals surface area contributed by atoms with Crippen molar-refractivity contribution >= 4 is 12.6 Å². The summed E-state index contributed by atoms with van der Waals surface area (Å²) in [5.74, 6) is 1.04. The van der Waals surface area contributed by atoms with Crippen molar-refractivity contribution in [1.29, 1.82) is 0 Å². The molecule has 1 unspecified atom stereocenters. The fraction of sp³-hybridized carbons (Fsp3) is 1.00. The lowest BCUT2D eigenvalue weighted by Gasteiger charge is -2.36. The number of rotatable bonds is 6. The van der Waals surface area contributed by atoms with Crippen molar-refractivity contribution in [1.82, 2.24) is 9.80 Å². The summed E-state index contributed by atoms with van der Waals surface area (Å²) in [7, 11) is 4.41. The number of nitrogens with zero attached hydrogens (tertiary/aromatic N) is 2. The van der Waals surface area contributed by atoms with Crippen molar-refractivity contribution in [3.63, 3.8) is 0 Å². The molecule has 1 atom stereocenters. The highest BCUT2D eigenvalue weighted by Gasteiger charge is 2.20. The zero-order valence-corrected chi connectivity index (χ0v) is 11.2. The van der Waals surface area contributed by atoms with Crippen LogP contribution in [0.5, 0.6) is 0 Å². The van der Waals surface area contributed by atoms with Crippen LogP contribution in [-0.4, -0.2) is 55.3 Å². The number of hydrogen-bond acceptors (Lipinski definition) is 3. The van der Waals surface area contributed by atoms with Crippen molar-refractivity contribution in [2.24, 2.45) is 0 Å². The van der Waals surface area contributed by atoms with Gasteiger partial charge < -0.3 is 9.80 Å². The number of thiol groups is 1. The Kier molecular flexibility index (Phi) is 6.69. The highest BCUT2D eigenvalue weighted by atomic mass is 32.1. The van der Waals surface area contributed by atoms with Crippen LogP contribution in [0, 0.1) is 0 Å². The molecule has 1 saturated heterocycles. The Balaban J connectivity index is 2.13. The average molecular weight is 230 g/mol. The fourth-order valence-corrected chi connectivity index (χ4v) is 2.50. The van der Waals surface area contributed by atoms with Gasteiger partial charge in [0.05, 0.1) is 0 Å². The normalized spacial score (nSPS) is 23.6. The van der Waals surface area contributed by atoms with E-state index in [1.165, 1.54) is 51.7 Å². The summed E-state index contributed by atoms with van der Waals surface area (Å²) >= 11 is 4.24. The van der Waals surface area contributed by atoms with E-state index < -0.39 is 0 Å². The molecule has 0 aliphatic carbocycles. The molecule has 2 nitrogen and oxygen atoms in total. The number of unbranched alkanes of at least 4 members (excludes halogenated alkanes) is 2. The third-order valence-electron chi connectivity index (χ3n) is 3.34. The molecule has 90 valence electrons. The maximum absolute atomic E-state index is 4.24.